The van der Waals surface area contributed by atoms with Crippen molar-refractivity contribution in [3.05, 3.63) is 78.0 Å². The summed E-state index contributed by atoms with van der Waals surface area (Å²) >= 11 is 0. The molecule has 1 amide bonds. The lowest BCUT2D eigenvalue weighted by molar-refractivity contribution is 0.0729. The van der Waals surface area contributed by atoms with Crippen molar-refractivity contribution >= 4 is 16.8 Å². The molecule has 2 aromatic carbocycles. The van der Waals surface area contributed by atoms with E-state index in [1.807, 2.05) is 53.4 Å². The SMILES string of the molecule is O=C(c1cnc2ccccc2c1)N(Cc1ccccc1)C1CC1. The summed E-state index contributed by atoms with van der Waals surface area (Å²) in [6, 6.07) is 20.4. The summed E-state index contributed by atoms with van der Waals surface area (Å²) in [5.41, 5.74) is 2.76. The molecular weight excluding hydrogens is 284 g/mol. The Morgan fingerprint density at radius 3 is 2.57 bits per heavy atom. The highest BCUT2D eigenvalue weighted by Crippen LogP contribution is 2.30. The van der Waals surface area contributed by atoms with Crippen molar-refractivity contribution < 1.29 is 4.79 Å². The van der Waals surface area contributed by atoms with Gasteiger partial charge in [-0.25, -0.2) is 0 Å². The molecule has 1 aliphatic rings. The number of carbonyl (C=O) groups is 1. The van der Waals surface area contributed by atoms with E-state index in [2.05, 4.69) is 17.1 Å². The second-order valence-corrected chi connectivity index (χ2v) is 6.07. The molecule has 23 heavy (non-hydrogen) atoms. The van der Waals surface area contributed by atoms with Crippen LogP contribution in [0.2, 0.25) is 0 Å². The maximum absolute atomic E-state index is 13.0. The van der Waals surface area contributed by atoms with Crippen LogP contribution in [-0.4, -0.2) is 21.8 Å². The molecule has 3 aromatic rings. The summed E-state index contributed by atoms with van der Waals surface area (Å²) in [4.78, 5) is 19.4. The maximum Gasteiger partial charge on any atom is 0.255 e. The first kappa shape index (κ1) is 13.9. The number of fused-ring (bicyclic) bond motifs is 1. The van der Waals surface area contributed by atoms with Gasteiger partial charge in [-0.3, -0.25) is 9.78 Å². The number of benzene rings is 2. The fourth-order valence-electron chi connectivity index (χ4n) is 2.89. The highest BCUT2D eigenvalue weighted by molar-refractivity contribution is 5.97. The van der Waals surface area contributed by atoms with Crippen molar-refractivity contribution in [1.29, 1.82) is 0 Å². The Morgan fingerprint density at radius 2 is 1.78 bits per heavy atom. The van der Waals surface area contributed by atoms with Crippen molar-refractivity contribution in [3.8, 4) is 0 Å². The quantitative estimate of drug-likeness (QED) is 0.728. The fraction of sp³-hybridized carbons (Fsp3) is 0.200. The average molecular weight is 302 g/mol. The van der Waals surface area contributed by atoms with E-state index in [4.69, 9.17) is 0 Å². The van der Waals surface area contributed by atoms with Crippen molar-refractivity contribution in [3.63, 3.8) is 0 Å². The third-order valence-electron chi connectivity index (χ3n) is 4.28. The van der Waals surface area contributed by atoms with Crippen LogP contribution in [0.15, 0.2) is 66.9 Å². The number of para-hydroxylation sites is 1. The van der Waals surface area contributed by atoms with E-state index in [0.29, 0.717) is 18.2 Å². The minimum absolute atomic E-state index is 0.0783. The zero-order valence-electron chi connectivity index (χ0n) is 12.9. The molecule has 0 N–H and O–H groups in total. The third kappa shape index (κ3) is 2.95. The molecule has 1 aromatic heterocycles. The molecule has 1 heterocycles. The number of nitrogens with zero attached hydrogens (tertiary/aromatic N) is 2. The molecule has 0 unspecified atom stereocenters. The van der Waals surface area contributed by atoms with E-state index in [9.17, 15) is 4.79 Å². The molecule has 0 atom stereocenters. The molecule has 0 spiro atoms. The molecule has 1 aliphatic carbocycles. The van der Waals surface area contributed by atoms with Crippen LogP contribution < -0.4 is 0 Å². The largest absolute Gasteiger partial charge is 0.331 e. The van der Waals surface area contributed by atoms with Crippen LogP contribution in [0, 0.1) is 0 Å². The molecule has 1 saturated carbocycles. The molecule has 3 nitrogen and oxygen atoms in total. The molecule has 3 heteroatoms. The monoisotopic (exact) mass is 302 g/mol. The molecule has 4 rings (SSSR count). The number of hydrogen-bond donors (Lipinski definition) is 0. The third-order valence-corrected chi connectivity index (χ3v) is 4.28. The topological polar surface area (TPSA) is 33.2 Å². The summed E-state index contributed by atoms with van der Waals surface area (Å²) in [6.07, 6.45) is 3.89. The number of aromatic nitrogens is 1. The summed E-state index contributed by atoms with van der Waals surface area (Å²) in [6.45, 7) is 0.664. The van der Waals surface area contributed by atoms with Crippen molar-refractivity contribution in [2.24, 2.45) is 0 Å². The maximum atomic E-state index is 13.0. The van der Waals surface area contributed by atoms with Gasteiger partial charge >= 0.3 is 0 Å². The Morgan fingerprint density at radius 1 is 1.04 bits per heavy atom. The second-order valence-electron chi connectivity index (χ2n) is 6.07. The van der Waals surface area contributed by atoms with Crippen molar-refractivity contribution in [2.45, 2.75) is 25.4 Å². The van der Waals surface area contributed by atoms with Gasteiger partial charge in [0.25, 0.3) is 5.91 Å². The highest BCUT2D eigenvalue weighted by atomic mass is 16.2. The van der Waals surface area contributed by atoms with Crippen LogP contribution in [0.3, 0.4) is 0 Å². The minimum Gasteiger partial charge on any atom is -0.331 e. The van der Waals surface area contributed by atoms with E-state index in [-0.39, 0.29) is 5.91 Å². The number of amides is 1. The van der Waals surface area contributed by atoms with E-state index in [1.54, 1.807) is 6.20 Å². The molecule has 0 aliphatic heterocycles. The first-order chi connectivity index (χ1) is 11.3. The van der Waals surface area contributed by atoms with Crippen LogP contribution in [0.5, 0.6) is 0 Å². The zero-order chi connectivity index (χ0) is 15.6. The predicted molar refractivity (Wildman–Crippen MR) is 91.1 cm³/mol. The number of rotatable bonds is 4. The Hall–Kier alpha value is -2.68. The van der Waals surface area contributed by atoms with Crippen LogP contribution in [0.1, 0.15) is 28.8 Å². The summed E-state index contributed by atoms with van der Waals surface area (Å²) in [5.74, 6) is 0.0783. The van der Waals surface area contributed by atoms with Gasteiger partial charge in [0.05, 0.1) is 11.1 Å². The predicted octanol–water partition coefficient (Wildman–Crippen LogP) is 4.04. The summed E-state index contributed by atoms with van der Waals surface area (Å²) in [5, 5.41) is 1.01. The lowest BCUT2D eigenvalue weighted by Crippen LogP contribution is -2.32. The molecule has 1 fully saturated rings. The van der Waals surface area contributed by atoms with Gasteiger partial charge in [-0.15, -0.1) is 0 Å². The fourth-order valence-corrected chi connectivity index (χ4v) is 2.89. The van der Waals surface area contributed by atoms with Crippen molar-refractivity contribution in [2.75, 3.05) is 0 Å². The normalized spacial score (nSPS) is 13.9. The van der Waals surface area contributed by atoms with E-state index in [0.717, 1.165) is 23.7 Å². The van der Waals surface area contributed by atoms with E-state index >= 15 is 0 Å². The molecule has 0 bridgehead atoms. The van der Waals surface area contributed by atoms with Gasteiger partial charge in [0, 0.05) is 24.2 Å². The van der Waals surface area contributed by atoms with Crippen LogP contribution in [0.25, 0.3) is 10.9 Å². The highest BCUT2D eigenvalue weighted by Gasteiger charge is 2.33. The lowest BCUT2D eigenvalue weighted by atomic mass is 10.1. The summed E-state index contributed by atoms with van der Waals surface area (Å²) in [7, 11) is 0. The number of pyridine rings is 1. The van der Waals surface area contributed by atoms with Crippen LogP contribution in [0.4, 0.5) is 0 Å². The Labute approximate surface area is 135 Å². The first-order valence-corrected chi connectivity index (χ1v) is 8.01. The average Bonchev–Trinajstić information content (AvgIpc) is 3.44. The number of carbonyl (C=O) groups excluding carboxylic acids is 1. The minimum atomic E-state index is 0.0783. The Kier molecular flexibility index (Phi) is 3.54. The van der Waals surface area contributed by atoms with Gasteiger partial charge < -0.3 is 4.90 Å². The zero-order valence-corrected chi connectivity index (χ0v) is 12.9. The molecule has 114 valence electrons. The van der Waals surface area contributed by atoms with E-state index in [1.165, 1.54) is 5.56 Å². The van der Waals surface area contributed by atoms with Crippen molar-refractivity contribution in [1.82, 2.24) is 9.88 Å². The van der Waals surface area contributed by atoms with Crippen LogP contribution >= 0.6 is 0 Å². The van der Waals surface area contributed by atoms with Gasteiger partial charge in [0.1, 0.15) is 0 Å². The van der Waals surface area contributed by atoms with Crippen LogP contribution in [-0.2, 0) is 6.54 Å². The van der Waals surface area contributed by atoms with Gasteiger partial charge in [-0.1, -0.05) is 48.5 Å². The second kappa shape index (κ2) is 5.84. The van der Waals surface area contributed by atoms with Gasteiger partial charge in [0.15, 0.2) is 0 Å². The lowest BCUT2D eigenvalue weighted by Gasteiger charge is -2.22. The Bertz CT molecular complexity index is 840. The van der Waals surface area contributed by atoms with Gasteiger partial charge in [-0.05, 0) is 30.5 Å². The first-order valence-electron chi connectivity index (χ1n) is 8.01. The van der Waals surface area contributed by atoms with E-state index < -0.39 is 0 Å². The standard InChI is InChI=1S/C20H18N2O/c23-20(17-12-16-8-4-5-9-19(16)21-13-17)22(18-10-11-18)14-15-6-2-1-3-7-15/h1-9,12-13,18H,10-11,14H2. The van der Waals surface area contributed by atoms with Gasteiger partial charge in [0.2, 0.25) is 0 Å². The van der Waals surface area contributed by atoms with Gasteiger partial charge in [-0.2, -0.15) is 0 Å². The summed E-state index contributed by atoms with van der Waals surface area (Å²) < 4.78 is 0. The molecular formula is C20H18N2O. The number of hydrogen-bond acceptors (Lipinski definition) is 2. The Balaban J connectivity index is 1.63. The smallest absolute Gasteiger partial charge is 0.255 e. The molecule has 0 radical (unpaired) electrons. The molecule has 0 saturated heterocycles.